The van der Waals surface area contributed by atoms with Gasteiger partial charge in [-0.3, -0.25) is 4.79 Å². The lowest BCUT2D eigenvalue weighted by Crippen LogP contribution is -2.31. The molecule has 2 aromatic rings. The molecular weight excluding hydrogens is 362 g/mol. The zero-order valence-corrected chi connectivity index (χ0v) is 17.1. The number of piperidine rings is 1. The van der Waals surface area contributed by atoms with Gasteiger partial charge in [-0.05, 0) is 50.8 Å². The molecule has 148 valence electrons. The van der Waals surface area contributed by atoms with Gasteiger partial charge < -0.3 is 10.6 Å². The van der Waals surface area contributed by atoms with E-state index in [9.17, 15) is 4.79 Å². The van der Waals surface area contributed by atoms with Gasteiger partial charge in [-0.2, -0.15) is 0 Å². The van der Waals surface area contributed by atoms with Gasteiger partial charge in [0.2, 0.25) is 0 Å². The molecule has 1 fully saturated rings. The molecule has 2 N–H and O–H groups in total. The molecular formula is C20H30ClN5O. The summed E-state index contributed by atoms with van der Waals surface area (Å²) in [6.07, 6.45) is 2.92. The highest BCUT2D eigenvalue weighted by Crippen LogP contribution is 2.23. The first-order chi connectivity index (χ1) is 12.6. The SMILES string of the molecule is Cc1c(C(=O)NC(CC(C)C)c2ccccc2)nnn1C1CCNCC1.Cl. The molecule has 1 amide bonds. The molecule has 0 saturated carbocycles. The van der Waals surface area contributed by atoms with Gasteiger partial charge in [0.15, 0.2) is 5.69 Å². The van der Waals surface area contributed by atoms with Crippen LogP contribution in [0.4, 0.5) is 0 Å². The summed E-state index contributed by atoms with van der Waals surface area (Å²) in [4.78, 5) is 12.9. The fourth-order valence-electron chi connectivity index (χ4n) is 3.61. The second-order valence-corrected chi connectivity index (χ2v) is 7.52. The first-order valence-corrected chi connectivity index (χ1v) is 9.54. The third-order valence-electron chi connectivity index (χ3n) is 5.01. The van der Waals surface area contributed by atoms with Gasteiger partial charge in [-0.1, -0.05) is 49.4 Å². The van der Waals surface area contributed by atoms with E-state index in [4.69, 9.17) is 0 Å². The van der Waals surface area contributed by atoms with E-state index in [0.29, 0.717) is 17.7 Å². The summed E-state index contributed by atoms with van der Waals surface area (Å²) in [7, 11) is 0. The number of hydrogen-bond acceptors (Lipinski definition) is 4. The predicted octanol–water partition coefficient (Wildman–Crippen LogP) is 3.45. The van der Waals surface area contributed by atoms with E-state index < -0.39 is 0 Å². The smallest absolute Gasteiger partial charge is 0.274 e. The number of nitrogens with one attached hydrogen (secondary N) is 2. The monoisotopic (exact) mass is 391 g/mol. The molecule has 1 aliphatic rings. The number of rotatable bonds is 6. The summed E-state index contributed by atoms with van der Waals surface area (Å²) in [6.45, 7) is 8.24. The Morgan fingerprint density at radius 1 is 1.26 bits per heavy atom. The maximum Gasteiger partial charge on any atom is 0.274 e. The summed E-state index contributed by atoms with van der Waals surface area (Å²) in [5, 5.41) is 15.0. The average Bonchev–Trinajstić information content (AvgIpc) is 3.04. The van der Waals surface area contributed by atoms with E-state index >= 15 is 0 Å². The van der Waals surface area contributed by atoms with E-state index in [1.54, 1.807) is 0 Å². The Kier molecular flexibility index (Phi) is 7.80. The van der Waals surface area contributed by atoms with Crippen LogP contribution in [0.15, 0.2) is 30.3 Å². The van der Waals surface area contributed by atoms with Crippen molar-refractivity contribution in [2.75, 3.05) is 13.1 Å². The summed E-state index contributed by atoms with van der Waals surface area (Å²) in [5.41, 5.74) is 2.41. The third kappa shape index (κ3) is 5.30. The highest BCUT2D eigenvalue weighted by Gasteiger charge is 2.25. The molecule has 0 spiro atoms. The lowest BCUT2D eigenvalue weighted by atomic mass is 9.97. The van der Waals surface area contributed by atoms with Crippen molar-refractivity contribution in [3.63, 3.8) is 0 Å². The Balaban J connectivity index is 0.00000261. The fraction of sp³-hybridized carbons (Fsp3) is 0.550. The van der Waals surface area contributed by atoms with Crippen LogP contribution in [-0.4, -0.2) is 34.0 Å². The number of halogens is 1. The molecule has 6 nitrogen and oxygen atoms in total. The van der Waals surface area contributed by atoms with Crippen LogP contribution >= 0.6 is 12.4 Å². The number of benzene rings is 1. The minimum Gasteiger partial charge on any atom is -0.344 e. The van der Waals surface area contributed by atoms with Crippen molar-refractivity contribution in [1.82, 2.24) is 25.6 Å². The largest absolute Gasteiger partial charge is 0.344 e. The van der Waals surface area contributed by atoms with Crippen LogP contribution in [0.2, 0.25) is 0 Å². The quantitative estimate of drug-likeness (QED) is 0.791. The number of carbonyl (C=O) groups is 1. The number of aromatic nitrogens is 3. The topological polar surface area (TPSA) is 71.8 Å². The molecule has 0 aliphatic carbocycles. The zero-order valence-electron chi connectivity index (χ0n) is 16.3. The van der Waals surface area contributed by atoms with Crippen LogP contribution in [0, 0.1) is 12.8 Å². The Hall–Kier alpha value is -1.92. The molecule has 1 unspecified atom stereocenters. The second-order valence-electron chi connectivity index (χ2n) is 7.52. The van der Waals surface area contributed by atoms with E-state index in [1.807, 2.05) is 29.8 Å². The highest BCUT2D eigenvalue weighted by atomic mass is 35.5. The number of amides is 1. The predicted molar refractivity (Wildman–Crippen MR) is 109 cm³/mol. The van der Waals surface area contributed by atoms with Gasteiger partial charge in [0, 0.05) is 0 Å². The van der Waals surface area contributed by atoms with E-state index in [-0.39, 0.29) is 24.4 Å². The molecule has 1 aromatic carbocycles. The van der Waals surface area contributed by atoms with Gasteiger partial charge >= 0.3 is 0 Å². The van der Waals surface area contributed by atoms with Crippen LogP contribution in [0.5, 0.6) is 0 Å². The van der Waals surface area contributed by atoms with Crippen LogP contribution < -0.4 is 10.6 Å². The summed E-state index contributed by atoms with van der Waals surface area (Å²) in [5.74, 6) is 0.337. The van der Waals surface area contributed by atoms with Gasteiger partial charge in [0.25, 0.3) is 5.91 Å². The maximum absolute atomic E-state index is 12.9. The minimum absolute atomic E-state index is 0. The van der Waals surface area contributed by atoms with Crippen LogP contribution in [0.1, 0.15) is 66.9 Å². The number of nitrogens with zero attached hydrogens (tertiary/aromatic N) is 3. The van der Waals surface area contributed by atoms with Crippen LogP contribution in [-0.2, 0) is 0 Å². The van der Waals surface area contributed by atoms with Gasteiger partial charge in [-0.25, -0.2) is 4.68 Å². The molecule has 1 aromatic heterocycles. The van der Waals surface area contributed by atoms with Crippen LogP contribution in [0.25, 0.3) is 0 Å². The van der Waals surface area contributed by atoms with E-state index in [0.717, 1.165) is 43.6 Å². The molecule has 0 radical (unpaired) electrons. The van der Waals surface area contributed by atoms with Crippen molar-refractivity contribution in [2.24, 2.45) is 5.92 Å². The van der Waals surface area contributed by atoms with Crippen molar-refractivity contribution in [3.8, 4) is 0 Å². The maximum atomic E-state index is 12.9. The van der Waals surface area contributed by atoms with Crippen molar-refractivity contribution in [3.05, 3.63) is 47.3 Å². The van der Waals surface area contributed by atoms with Crippen molar-refractivity contribution >= 4 is 18.3 Å². The molecule has 2 heterocycles. The summed E-state index contributed by atoms with van der Waals surface area (Å²) in [6, 6.07) is 10.4. The highest BCUT2D eigenvalue weighted by molar-refractivity contribution is 5.93. The fourth-order valence-corrected chi connectivity index (χ4v) is 3.61. The van der Waals surface area contributed by atoms with Crippen molar-refractivity contribution < 1.29 is 4.79 Å². The van der Waals surface area contributed by atoms with Gasteiger partial charge in [-0.15, -0.1) is 17.5 Å². The summed E-state index contributed by atoms with van der Waals surface area (Å²) < 4.78 is 1.93. The molecule has 27 heavy (non-hydrogen) atoms. The lowest BCUT2D eigenvalue weighted by molar-refractivity contribution is 0.0926. The first-order valence-electron chi connectivity index (χ1n) is 9.54. The molecule has 1 atom stereocenters. The standard InChI is InChI=1S/C20H29N5O.ClH/c1-14(2)13-18(16-7-5-4-6-8-16)22-20(26)19-15(3)25(24-23-19)17-9-11-21-12-10-17;/h4-8,14,17-18,21H,9-13H2,1-3H3,(H,22,26);1H. The molecule has 3 rings (SSSR count). The van der Waals surface area contributed by atoms with Crippen LogP contribution in [0.3, 0.4) is 0 Å². The van der Waals surface area contributed by atoms with E-state index in [2.05, 4.69) is 46.9 Å². The normalized spacial score (nSPS) is 16.0. The average molecular weight is 392 g/mol. The minimum atomic E-state index is -0.141. The number of carbonyl (C=O) groups excluding carboxylic acids is 1. The van der Waals surface area contributed by atoms with Gasteiger partial charge in [0.1, 0.15) is 0 Å². The Labute approximate surface area is 167 Å². The Morgan fingerprint density at radius 3 is 2.56 bits per heavy atom. The van der Waals surface area contributed by atoms with Gasteiger partial charge in [0.05, 0.1) is 17.8 Å². The summed E-state index contributed by atoms with van der Waals surface area (Å²) >= 11 is 0. The van der Waals surface area contributed by atoms with E-state index in [1.165, 1.54) is 0 Å². The Morgan fingerprint density at radius 2 is 1.93 bits per heavy atom. The second kappa shape index (κ2) is 9.85. The molecule has 1 aliphatic heterocycles. The third-order valence-corrected chi connectivity index (χ3v) is 5.01. The van der Waals surface area contributed by atoms with Crippen molar-refractivity contribution in [1.29, 1.82) is 0 Å². The lowest BCUT2D eigenvalue weighted by Gasteiger charge is -2.23. The molecule has 1 saturated heterocycles. The molecule has 0 bridgehead atoms. The molecule has 7 heteroatoms. The zero-order chi connectivity index (χ0) is 18.5. The number of hydrogen-bond donors (Lipinski definition) is 2. The Bertz CT molecular complexity index is 725. The van der Waals surface area contributed by atoms with Crippen molar-refractivity contribution in [2.45, 2.75) is 52.1 Å². The first kappa shape index (κ1) is 21.4.